The number of ether oxygens (including phenoxy) is 2. The molecule has 4 N–H and O–H groups in total. The summed E-state index contributed by atoms with van der Waals surface area (Å²) in [6.07, 6.45) is 0.0736. The summed E-state index contributed by atoms with van der Waals surface area (Å²) in [6.45, 7) is 8.84. The van der Waals surface area contributed by atoms with Gasteiger partial charge in [0.15, 0.2) is 0 Å². The number of carbonyl (C=O) groups excluding carboxylic acids is 2. The highest BCUT2D eigenvalue weighted by Crippen LogP contribution is 2.41. The standard InChI is InChI=1S/C27H32N4O5Si/c1-5-27(36-22(32)9-10-28)19-12-21-23-17(13-31(21)25(33)18(19)14-35-26(27)34)24(37(3,4)6-2)16-11-15(29)7-8-20(16)30-23/h7-8,11-12H,5-6,9-10,13-14,28-29H2,1-4H3. The maximum absolute atomic E-state index is 13.8. The highest BCUT2D eigenvalue weighted by Gasteiger charge is 2.50. The van der Waals surface area contributed by atoms with Gasteiger partial charge >= 0.3 is 11.9 Å². The second-order valence-electron chi connectivity index (χ2n) is 10.4. The molecule has 2 aliphatic heterocycles. The third-order valence-electron chi connectivity index (χ3n) is 7.88. The number of aromatic nitrogens is 2. The molecule has 37 heavy (non-hydrogen) atoms. The Morgan fingerprint density at radius 3 is 2.65 bits per heavy atom. The van der Waals surface area contributed by atoms with Gasteiger partial charge in [-0.05, 0) is 41.4 Å². The minimum atomic E-state index is -1.93. The van der Waals surface area contributed by atoms with Crippen molar-refractivity contribution in [2.75, 3.05) is 12.3 Å². The Balaban J connectivity index is 1.80. The Morgan fingerprint density at radius 1 is 1.22 bits per heavy atom. The number of carbonyl (C=O) groups is 2. The lowest BCUT2D eigenvalue weighted by Gasteiger charge is -2.35. The zero-order valence-corrected chi connectivity index (χ0v) is 22.6. The van der Waals surface area contributed by atoms with Crippen LogP contribution in [-0.2, 0) is 37.8 Å². The van der Waals surface area contributed by atoms with Gasteiger partial charge < -0.3 is 25.5 Å². The fourth-order valence-electron chi connectivity index (χ4n) is 5.57. The van der Waals surface area contributed by atoms with Crippen LogP contribution in [0.3, 0.4) is 0 Å². The first-order valence-electron chi connectivity index (χ1n) is 12.7. The van der Waals surface area contributed by atoms with E-state index in [0.717, 1.165) is 28.2 Å². The van der Waals surface area contributed by atoms with Gasteiger partial charge in [-0.3, -0.25) is 9.59 Å². The number of pyridine rings is 2. The average molecular weight is 521 g/mol. The SMILES string of the molecule is CCC1(OC(=O)CCN)C(=O)OCc2c1cc1n(c2=O)Cc2c-1nc1ccc(N)cc1c2[Si](C)(C)CC. The van der Waals surface area contributed by atoms with Crippen molar-refractivity contribution in [1.29, 1.82) is 0 Å². The molecule has 0 bridgehead atoms. The van der Waals surface area contributed by atoms with Gasteiger partial charge in [-0.2, -0.15) is 0 Å². The summed E-state index contributed by atoms with van der Waals surface area (Å²) in [4.78, 5) is 44.4. The van der Waals surface area contributed by atoms with Gasteiger partial charge in [0.25, 0.3) is 5.56 Å². The minimum absolute atomic E-state index is 0.0477. The van der Waals surface area contributed by atoms with Crippen LogP contribution in [0, 0.1) is 0 Å². The van der Waals surface area contributed by atoms with E-state index in [4.69, 9.17) is 25.9 Å². The quantitative estimate of drug-likeness (QED) is 0.225. The maximum atomic E-state index is 13.8. The number of hydrogen-bond donors (Lipinski definition) is 2. The molecule has 0 fully saturated rings. The number of cyclic esters (lactones) is 1. The minimum Gasteiger partial charge on any atom is -0.457 e. The Bertz CT molecular complexity index is 1530. The van der Waals surface area contributed by atoms with E-state index in [1.807, 2.05) is 18.2 Å². The van der Waals surface area contributed by atoms with Crippen molar-refractivity contribution in [1.82, 2.24) is 9.55 Å². The number of anilines is 1. The van der Waals surface area contributed by atoms with Crippen LogP contribution in [0.15, 0.2) is 29.1 Å². The number of esters is 2. The lowest BCUT2D eigenvalue weighted by atomic mass is 9.85. The zero-order valence-electron chi connectivity index (χ0n) is 21.6. The second kappa shape index (κ2) is 8.81. The molecule has 4 heterocycles. The van der Waals surface area contributed by atoms with E-state index >= 15 is 0 Å². The summed E-state index contributed by atoms with van der Waals surface area (Å²) in [5, 5.41) is 2.27. The maximum Gasteiger partial charge on any atom is 0.355 e. The van der Waals surface area contributed by atoms with E-state index in [-0.39, 0.29) is 31.6 Å². The van der Waals surface area contributed by atoms with Crippen LogP contribution in [0.4, 0.5) is 5.69 Å². The Morgan fingerprint density at radius 2 is 1.97 bits per heavy atom. The summed E-state index contributed by atoms with van der Waals surface area (Å²) < 4.78 is 12.8. The molecular weight excluding hydrogens is 488 g/mol. The van der Waals surface area contributed by atoms with Crippen LogP contribution in [0.2, 0.25) is 19.1 Å². The molecule has 10 heteroatoms. The van der Waals surface area contributed by atoms with Crippen molar-refractivity contribution in [3.05, 3.63) is 51.3 Å². The highest BCUT2D eigenvalue weighted by atomic mass is 28.3. The second-order valence-corrected chi connectivity index (χ2v) is 15.4. The van der Waals surface area contributed by atoms with Crippen LogP contribution >= 0.6 is 0 Å². The van der Waals surface area contributed by atoms with Gasteiger partial charge in [-0.25, -0.2) is 9.78 Å². The first-order valence-corrected chi connectivity index (χ1v) is 15.9. The first-order chi connectivity index (χ1) is 17.6. The normalized spacial score (nSPS) is 18.2. The first kappa shape index (κ1) is 25.2. The third-order valence-corrected chi connectivity index (χ3v) is 11.6. The number of benzene rings is 1. The van der Waals surface area contributed by atoms with Crippen molar-refractivity contribution < 1.29 is 19.1 Å². The van der Waals surface area contributed by atoms with Crippen molar-refractivity contribution in [3.8, 4) is 11.4 Å². The molecule has 1 unspecified atom stereocenters. The fourth-order valence-corrected chi connectivity index (χ4v) is 7.86. The molecule has 2 aromatic heterocycles. The van der Waals surface area contributed by atoms with E-state index in [9.17, 15) is 14.4 Å². The van der Waals surface area contributed by atoms with Crippen LogP contribution in [-0.4, -0.2) is 36.1 Å². The van der Waals surface area contributed by atoms with Crippen LogP contribution in [0.1, 0.15) is 43.4 Å². The zero-order chi connectivity index (χ0) is 26.7. The third kappa shape index (κ3) is 3.69. The fraction of sp³-hybridized carbons (Fsp3) is 0.407. The Kier molecular flexibility index (Phi) is 5.99. The Hall–Kier alpha value is -3.50. The van der Waals surface area contributed by atoms with Gasteiger partial charge in [-0.15, -0.1) is 0 Å². The molecule has 0 radical (unpaired) electrons. The number of nitrogens with zero attached hydrogens (tertiary/aromatic N) is 2. The molecule has 9 nitrogen and oxygen atoms in total. The molecule has 1 atom stereocenters. The molecule has 3 aromatic rings. The van der Waals surface area contributed by atoms with E-state index in [1.54, 1.807) is 17.6 Å². The van der Waals surface area contributed by atoms with E-state index < -0.39 is 25.6 Å². The van der Waals surface area contributed by atoms with E-state index in [2.05, 4.69) is 20.0 Å². The highest BCUT2D eigenvalue weighted by molar-refractivity contribution is 6.91. The predicted octanol–water partition coefficient (Wildman–Crippen LogP) is 2.50. The largest absolute Gasteiger partial charge is 0.457 e. The molecular formula is C27H32N4O5Si. The summed E-state index contributed by atoms with van der Waals surface area (Å²) in [6, 6.07) is 8.52. The molecule has 0 saturated heterocycles. The van der Waals surface area contributed by atoms with Crippen molar-refractivity contribution in [2.24, 2.45) is 5.73 Å². The molecule has 5 rings (SSSR count). The number of nitrogen functional groups attached to an aromatic ring is 1. The molecule has 0 aliphatic carbocycles. The lowest BCUT2D eigenvalue weighted by Crippen LogP contribution is -2.47. The Labute approximate surface area is 215 Å². The predicted molar refractivity (Wildman–Crippen MR) is 144 cm³/mol. The summed E-state index contributed by atoms with van der Waals surface area (Å²) in [5.74, 6) is -1.30. The lowest BCUT2D eigenvalue weighted by molar-refractivity contribution is -0.189. The number of fused-ring (bicyclic) bond motifs is 5. The average Bonchev–Trinajstić information content (AvgIpc) is 3.22. The smallest absolute Gasteiger partial charge is 0.355 e. The number of rotatable bonds is 6. The number of nitrogens with two attached hydrogens (primary N) is 2. The van der Waals surface area contributed by atoms with Crippen LogP contribution in [0.5, 0.6) is 0 Å². The molecule has 0 saturated carbocycles. The molecule has 0 spiro atoms. The summed E-state index contributed by atoms with van der Waals surface area (Å²) >= 11 is 0. The van der Waals surface area contributed by atoms with Gasteiger partial charge in [0, 0.05) is 23.2 Å². The van der Waals surface area contributed by atoms with Gasteiger partial charge in [-0.1, -0.05) is 33.0 Å². The van der Waals surface area contributed by atoms with E-state index in [1.165, 1.54) is 5.19 Å². The van der Waals surface area contributed by atoms with Crippen LogP contribution in [0.25, 0.3) is 22.3 Å². The topological polar surface area (TPSA) is 140 Å². The monoisotopic (exact) mass is 520 g/mol. The summed E-state index contributed by atoms with van der Waals surface area (Å²) in [5.41, 5.74) is 14.3. The molecule has 1 aromatic carbocycles. The number of hydrogen-bond acceptors (Lipinski definition) is 8. The van der Waals surface area contributed by atoms with Crippen LogP contribution < -0.4 is 22.2 Å². The van der Waals surface area contributed by atoms with Gasteiger partial charge in [0.2, 0.25) is 5.60 Å². The van der Waals surface area contributed by atoms with Gasteiger partial charge in [0.05, 0.1) is 43.5 Å². The molecule has 2 aliphatic rings. The van der Waals surface area contributed by atoms with E-state index in [0.29, 0.717) is 29.1 Å². The summed E-state index contributed by atoms with van der Waals surface area (Å²) in [7, 11) is -1.93. The molecule has 0 amide bonds. The molecule has 194 valence electrons. The van der Waals surface area contributed by atoms with Crippen molar-refractivity contribution >= 4 is 41.8 Å². The van der Waals surface area contributed by atoms with Crippen molar-refractivity contribution in [3.63, 3.8) is 0 Å². The van der Waals surface area contributed by atoms with Gasteiger partial charge in [0.1, 0.15) is 6.61 Å². The van der Waals surface area contributed by atoms with Crippen molar-refractivity contribution in [2.45, 2.75) is 64.6 Å².